The number of nitrogens with one attached hydrogen (secondary N) is 1. The molecule has 6 atom stereocenters. The van der Waals surface area contributed by atoms with Crippen LogP contribution in [0.25, 0.3) is 0 Å². The summed E-state index contributed by atoms with van der Waals surface area (Å²) in [4.78, 5) is 0. The number of rotatable bonds is 6. The van der Waals surface area contributed by atoms with Crippen molar-refractivity contribution in [2.75, 3.05) is 6.61 Å². The van der Waals surface area contributed by atoms with Crippen LogP contribution in [-0.4, -0.2) is 35.2 Å². The number of hydroxylamine groups is 1. The first-order valence-electron chi connectivity index (χ1n) is 11.3. The molecule has 0 bridgehead atoms. The lowest BCUT2D eigenvalue weighted by Crippen LogP contribution is -2.49. The third-order valence-electron chi connectivity index (χ3n) is 8.01. The second-order valence-electron chi connectivity index (χ2n) is 9.39. The van der Waals surface area contributed by atoms with Gasteiger partial charge in [-0.05, 0) is 49.9 Å². The third kappa shape index (κ3) is 4.14. The normalized spacial score (nSPS) is 42.2. The molecule has 3 aliphatic rings. The first-order valence-corrected chi connectivity index (χ1v) is 11.3. The van der Waals surface area contributed by atoms with Gasteiger partial charge in [-0.3, -0.25) is 0 Å². The number of aliphatic hydroxyl groups excluding tert-OH is 1. The summed E-state index contributed by atoms with van der Waals surface area (Å²) in [5.41, 5.74) is 2.44. The molecule has 3 rings (SSSR count). The maximum absolute atomic E-state index is 11.8. The molecule has 0 aromatic rings. The highest BCUT2D eigenvalue weighted by Gasteiger charge is 2.52. The molecule has 0 aromatic heterocycles. The average Bonchev–Trinajstić information content (AvgIpc) is 2.81. The average molecular weight is 368 g/mol. The van der Waals surface area contributed by atoms with Gasteiger partial charge in [0.15, 0.2) is 0 Å². The van der Waals surface area contributed by atoms with Gasteiger partial charge in [-0.1, -0.05) is 58.8 Å². The monoisotopic (exact) mass is 367 g/mol. The maximum atomic E-state index is 11.8. The highest BCUT2D eigenvalue weighted by Crippen LogP contribution is 2.51. The van der Waals surface area contributed by atoms with E-state index >= 15 is 0 Å². The zero-order valence-corrected chi connectivity index (χ0v) is 17.0. The fourth-order valence-electron chi connectivity index (χ4n) is 6.27. The number of aliphatic hydroxyl groups is 1. The Bertz CT molecular complexity index is 426. The Balaban J connectivity index is 1.90. The molecule has 0 amide bonds. The molecule has 3 unspecified atom stereocenters. The topological polar surface area (TPSA) is 61.7 Å². The van der Waals surface area contributed by atoms with Crippen LogP contribution in [-0.2, 0) is 4.74 Å². The van der Waals surface area contributed by atoms with Gasteiger partial charge in [0.25, 0.3) is 0 Å². The molecule has 1 aliphatic heterocycles. The highest BCUT2D eigenvalue weighted by molar-refractivity contribution is 5.01. The van der Waals surface area contributed by atoms with Crippen LogP contribution >= 0.6 is 0 Å². The zero-order valence-electron chi connectivity index (χ0n) is 17.0. The molecule has 1 heterocycles. The predicted octanol–water partition coefficient (Wildman–Crippen LogP) is 4.68. The minimum absolute atomic E-state index is 0.0857. The summed E-state index contributed by atoms with van der Waals surface area (Å²) in [7, 11) is 0. The van der Waals surface area contributed by atoms with Crippen molar-refractivity contribution in [3.8, 4) is 0 Å². The third-order valence-corrected chi connectivity index (χ3v) is 8.01. The molecule has 1 saturated heterocycles. The molecule has 4 heteroatoms. The summed E-state index contributed by atoms with van der Waals surface area (Å²) in [6.07, 6.45) is 13.8. The zero-order chi connectivity index (χ0) is 18.6. The SMILES string of the molecule is CCCC[C@]1(CC)COC2CCC(NO)CC2[C@@H](C2CCCCC2)[C@H]1O. The Labute approximate surface area is 160 Å². The fraction of sp³-hybridized carbons (Fsp3) is 1.00. The molecule has 4 nitrogen and oxygen atoms in total. The van der Waals surface area contributed by atoms with Gasteiger partial charge in [-0.2, -0.15) is 0 Å². The quantitative estimate of drug-likeness (QED) is 0.597. The van der Waals surface area contributed by atoms with E-state index in [0.29, 0.717) is 24.4 Å². The van der Waals surface area contributed by atoms with Crippen LogP contribution in [0, 0.1) is 23.2 Å². The molecule has 0 radical (unpaired) electrons. The molecule has 152 valence electrons. The van der Waals surface area contributed by atoms with Gasteiger partial charge in [0, 0.05) is 11.5 Å². The van der Waals surface area contributed by atoms with Crippen molar-refractivity contribution in [3.63, 3.8) is 0 Å². The van der Waals surface area contributed by atoms with Gasteiger partial charge >= 0.3 is 0 Å². The van der Waals surface area contributed by atoms with Gasteiger partial charge in [-0.25, -0.2) is 5.48 Å². The summed E-state index contributed by atoms with van der Waals surface area (Å²) in [5, 5.41) is 21.3. The second-order valence-corrected chi connectivity index (χ2v) is 9.39. The fourth-order valence-corrected chi connectivity index (χ4v) is 6.27. The van der Waals surface area contributed by atoms with Gasteiger partial charge in [0.1, 0.15) is 0 Å². The Morgan fingerprint density at radius 2 is 1.85 bits per heavy atom. The van der Waals surface area contributed by atoms with Crippen molar-refractivity contribution >= 4 is 0 Å². The van der Waals surface area contributed by atoms with Gasteiger partial charge in [0.05, 0.1) is 18.8 Å². The number of hydrogen-bond donors (Lipinski definition) is 3. The van der Waals surface area contributed by atoms with Crippen LogP contribution in [0.3, 0.4) is 0 Å². The summed E-state index contributed by atoms with van der Waals surface area (Å²) >= 11 is 0. The summed E-state index contributed by atoms with van der Waals surface area (Å²) in [6.45, 7) is 5.20. The molecule has 0 spiro atoms. The van der Waals surface area contributed by atoms with Gasteiger partial charge in [-0.15, -0.1) is 0 Å². The largest absolute Gasteiger partial charge is 0.392 e. The van der Waals surface area contributed by atoms with E-state index < -0.39 is 0 Å². The van der Waals surface area contributed by atoms with Crippen LogP contribution in [0.4, 0.5) is 0 Å². The molecule has 26 heavy (non-hydrogen) atoms. The van der Waals surface area contributed by atoms with E-state index in [1.807, 2.05) is 0 Å². The van der Waals surface area contributed by atoms with Gasteiger partial charge < -0.3 is 15.1 Å². The Morgan fingerprint density at radius 3 is 2.50 bits per heavy atom. The van der Waals surface area contributed by atoms with Crippen LogP contribution in [0.5, 0.6) is 0 Å². The first-order chi connectivity index (χ1) is 12.6. The van der Waals surface area contributed by atoms with E-state index in [0.717, 1.165) is 32.1 Å². The molecule has 3 N–H and O–H groups in total. The molecular weight excluding hydrogens is 326 g/mol. The lowest BCUT2D eigenvalue weighted by atomic mass is 9.60. The van der Waals surface area contributed by atoms with Crippen LogP contribution < -0.4 is 5.48 Å². The van der Waals surface area contributed by atoms with Crippen LogP contribution in [0.1, 0.15) is 90.9 Å². The molecule has 0 aromatic carbocycles. The highest BCUT2D eigenvalue weighted by atomic mass is 16.5. The van der Waals surface area contributed by atoms with Crippen LogP contribution in [0.15, 0.2) is 0 Å². The van der Waals surface area contributed by atoms with Crippen LogP contribution in [0.2, 0.25) is 0 Å². The van der Waals surface area contributed by atoms with Crippen molar-refractivity contribution in [2.45, 2.75) is 109 Å². The minimum atomic E-state index is -0.269. The van der Waals surface area contributed by atoms with Crippen molar-refractivity contribution < 1.29 is 15.1 Å². The lowest BCUT2D eigenvalue weighted by Gasteiger charge is -2.46. The number of fused-ring (bicyclic) bond motifs is 1. The number of ether oxygens (including phenoxy) is 1. The predicted molar refractivity (Wildman–Crippen MR) is 104 cm³/mol. The summed E-state index contributed by atoms with van der Waals surface area (Å²) < 4.78 is 6.53. The smallest absolute Gasteiger partial charge is 0.0652 e. The van der Waals surface area contributed by atoms with Crippen molar-refractivity contribution in [1.82, 2.24) is 5.48 Å². The second kappa shape index (κ2) is 9.36. The number of unbranched alkanes of at least 4 members (excludes halogenated alkanes) is 1. The van der Waals surface area contributed by atoms with E-state index in [1.54, 1.807) is 0 Å². The Kier molecular flexibility index (Phi) is 7.40. The summed E-state index contributed by atoms with van der Waals surface area (Å²) in [6, 6.07) is 0.155. The number of hydrogen-bond acceptors (Lipinski definition) is 4. The van der Waals surface area contributed by atoms with Crippen molar-refractivity contribution in [1.29, 1.82) is 0 Å². The van der Waals surface area contributed by atoms with E-state index in [4.69, 9.17) is 4.74 Å². The molecule has 3 fully saturated rings. The maximum Gasteiger partial charge on any atom is 0.0652 e. The van der Waals surface area contributed by atoms with Crippen molar-refractivity contribution in [2.24, 2.45) is 23.2 Å². The van der Waals surface area contributed by atoms with Gasteiger partial charge in [0.2, 0.25) is 0 Å². The van der Waals surface area contributed by atoms with E-state index in [-0.39, 0.29) is 23.7 Å². The van der Waals surface area contributed by atoms with E-state index in [2.05, 4.69) is 19.3 Å². The lowest BCUT2D eigenvalue weighted by molar-refractivity contribution is -0.0714. The minimum Gasteiger partial charge on any atom is -0.392 e. The van der Waals surface area contributed by atoms with E-state index in [9.17, 15) is 10.3 Å². The Hall–Kier alpha value is -0.160. The molecule has 2 saturated carbocycles. The first kappa shape index (κ1) is 20.6. The molecule has 2 aliphatic carbocycles. The molecular formula is C22H41NO3. The van der Waals surface area contributed by atoms with Crippen molar-refractivity contribution in [3.05, 3.63) is 0 Å². The van der Waals surface area contributed by atoms with E-state index in [1.165, 1.54) is 44.9 Å². The standard InChI is InChI=1S/C22H41NO3/c1-3-5-13-22(4-2)15-26-19-12-11-17(23-25)14-18(19)20(21(22)24)16-9-7-6-8-10-16/h16-21,23-25H,3-15H2,1-2H3/t17?,18?,19?,20-,21-,22-/m1/s1. The Morgan fingerprint density at radius 1 is 1.08 bits per heavy atom. The summed E-state index contributed by atoms with van der Waals surface area (Å²) in [5.74, 6) is 1.33.